The van der Waals surface area contributed by atoms with E-state index >= 15 is 0 Å². The van der Waals surface area contributed by atoms with Gasteiger partial charge in [-0.05, 0) is 6.26 Å². The Morgan fingerprint density at radius 1 is 1.60 bits per heavy atom. The van der Waals surface area contributed by atoms with Crippen LogP contribution in [0.1, 0.15) is 5.69 Å². The van der Waals surface area contributed by atoms with Gasteiger partial charge in [0.2, 0.25) is 0 Å². The molecule has 1 rings (SSSR count). The summed E-state index contributed by atoms with van der Waals surface area (Å²) in [5.41, 5.74) is 0.912. The predicted octanol–water partition coefficient (Wildman–Crippen LogP) is 2.03. The van der Waals surface area contributed by atoms with Gasteiger partial charge >= 0.3 is 5.97 Å². The van der Waals surface area contributed by atoms with Crippen LogP contribution in [0.25, 0.3) is 5.57 Å². The third-order valence-electron chi connectivity index (χ3n) is 1.57. The summed E-state index contributed by atoms with van der Waals surface area (Å²) in [5, 5.41) is 1.80. The van der Waals surface area contributed by atoms with Gasteiger partial charge in [-0.1, -0.05) is 11.8 Å². The van der Waals surface area contributed by atoms with Gasteiger partial charge in [-0.3, -0.25) is 0 Å². The highest BCUT2D eigenvalue weighted by Gasteiger charge is 2.16. The van der Waals surface area contributed by atoms with Crippen LogP contribution >= 0.6 is 23.1 Å². The van der Waals surface area contributed by atoms with E-state index < -0.39 is 5.97 Å². The highest BCUT2D eigenvalue weighted by atomic mass is 32.2. The summed E-state index contributed by atoms with van der Waals surface area (Å²) < 4.78 is 10.4. The number of thioether (sulfide) groups is 1. The number of methoxy groups -OCH3 is 2. The molecule has 0 saturated carbocycles. The highest BCUT2D eigenvalue weighted by molar-refractivity contribution is 8.00. The lowest BCUT2D eigenvalue weighted by molar-refractivity contribution is -0.133. The molecule has 0 N–H and O–H groups in total. The largest absolute Gasteiger partial charge is 0.503 e. The van der Waals surface area contributed by atoms with Gasteiger partial charge in [-0.2, -0.15) is 0 Å². The van der Waals surface area contributed by atoms with Crippen molar-refractivity contribution >= 4 is 34.6 Å². The van der Waals surface area contributed by atoms with Crippen molar-refractivity contribution in [3.63, 3.8) is 0 Å². The van der Waals surface area contributed by atoms with Crippen molar-refractivity contribution < 1.29 is 14.3 Å². The molecule has 0 spiro atoms. The standard InChI is InChI=1S/C9H11NO3S2/c1-12-4-6(8(11)13-2)7-5-15-9(10-7)14-3/h4-5H,1-3H3. The number of hydrogen-bond donors (Lipinski definition) is 0. The minimum Gasteiger partial charge on any atom is -0.503 e. The maximum Gasteiger partial charge on any atom is 0.343 e. The molecule has 15 heavy (non-hydrogen) atoms. The number of esters is 1. The first-order valence-corrected chi connectivity index (χ1v) is 6.14. The van der Waals surface area contributed by atoms with E-state index in [2.05, 4.69) is 9.72 Å². The molecule has 0 aromatic carbocycles. The average Bonchev–Trinajstić information content (AvgIpc) is 2.73. The van der Waals surface area contributed by atoms with Crippen LogP contribution in [0.4, 0.5) is 0 Å². The Morgan fingerprint density at radius 3 is 2.80 bits per heavy atom. The molecule has 0 radical (unpaired) electrons. The summed E-state index contributed by atoms with van der Waals surface area (Å²) in [4.78, 5) is 15.6. The molecule has 1 aromatic rings. The minimum absolute atomic E-state index is 0.330. The van der Waals surface area contributed by atoms with Crippen molar-refractivity contribution in [2.75, 3.05) is 20.5 Å². The third-order valence-corrected chi connectivity index (χ3v) is 3.44. The Bertz CT molecular complexity index is 373. The van der Waals surface area contributed by atoms with Gasteiger partial charge in [0, 0.05) is 5.38 Å². The van der Waals surface area contributed by atoms with E-state index in [4.69, 9.17) is 4.74 Å². The molecule has 0 aliphatic rings. The fourth-order valence-corrected chi connectivity index (χ4v) is 2.18. The van der Waals surface area contributed by atoms with Crippen LogP contribution in [0.15, 0.2) is 16.0 Å². The van der Waals surface area contributed by atoms with Crippen LogP contribution in [0.2, 0.25) is 0 Å². The van der Waals surface area contributed by atoms with Gasteiger partial charge in [0.1, 0.15) is 9.91 Å². The number of carbonyl (C=O) groups excluding carboxylic acids is 1. The van der Waals surface area contributed by atoms with Crippen molar-refractivity contribution in [1.82, 2.24) is 4.98 Å². The van der Waals surface area contributed by atoms with Gasteiger partial charge in [-0.15, -0.1) is 11.3 Å². The van der Waals surface area contributed by atoms with E-state index in [9.17, 15) is 4.79 Å². The van der Waals surface area contributed by atoms with E-state index in [-0.39, 0.29) is 0 Å². The van der Waals surface area contributed by atoms with Crippen molar-refractivity contribution in [2.24, 2.45) is 0 Å². The van der Waals surface area contributed by atoms with Crippen LogP contribution in [0.5, 0.6) is 0 Å². The van der Waals surface area contributed by atoms with E-state index in [1.807, 2.05) is 6.26 Å². The molecular weight excluding hydrogens is 234 g/mol. The molecule has 0 fully saturated rings. The molecule has 0 unspecified atom stereocenters. The first-order chi connectivity index (χ1) is 7.22. The molecule has 82 valence electrons. The number of thiazole rings is 1. The van der Waals surface area contributed by atoms with E-state index in [0.29, 0.717) is 11.3 Å². The van der Waals surface area contributed by atoms with E-state index in [1.165, 1.54) is 43.6 Å². The van der Waals surface area contributed by atoms with Crippen LogP contribution in [0.3, 0.4) is 0 Å². The van der Waals surface area contributed by atoms with Gasteiger partial charge in [0.15, 0.2) is 0 Å². The van der Waals surface area contributed by atoms with Crippen molar-refractivity contribution in [2.45, 2.75) is 4.34 Å². The van der Waals surface area contributed by atoms with Gasteiger partial charge < -0.3 is 9.47 Å². The smallest absolute Gasteiger partial charge is 0.343 e. The number of hydrogen-bond acceptors (Lipinski definition) is 6. The average molecular weight is 245 g/mol. The van der Waals surface area contributed by atoms with Crippen LogP contribution < -0.4 is 0 Å². The second-order valence-corrected chi connectivity index (χ2v) is 4.37. The topological polar surface area (TPSA) is 48.4 Å². The second kappa shape index (κ2) is 5.77. The molecule has 6 heteroatoms. The molecule has 0 aliphatic heterocycles. The normalized spacial score (nSPS) is 11.3. The van der Waals surface area contributed by atoms with Crippen molar-refractivity contribution in [3.8, 4) is 0 Å². The third kappa shape index (κ3) is 2.97. The van der Waals surface area contributed by atoms with E-state index in [0.717, 1.165) is 4.34 Å². The maximum atomic E-state index is 11.4. The Labute approximate surface area is 96.3 Å². The molecule has 0 saturated heterocycles. The second-order valence-electron chi connectivity index (χ2n) is 2.46. The maximum absolute atomic E-state index is 11.4. The van der Waals surface area contributed by atoms with Crippen LogP contribution in [-0.4, -0.2) is 31.4 Å². The number of nitrogens with zero attached hydrogens (tertiary/aromatic N) is 1. The Hall–Kier alpha value is -1.01. The zero-order valence-electron chi connectivity index (χ0n) is 8.64. The summed E-state index contributed by atoms with van der Waals surface area (Å²) in [6, 6.07) is 0. The summed E-state index contributed by atoms with van der Waals surface area (Å²) in [5.74, 6) is -0.449. The molecule has 1 aromatic heterocycles. The minimum atomic E-state index is -0.449. The zero-order valence-corrected chi connectivity index (χ0v) is 10.3. The SMILES string of the molecule is COC=C(C(=O)OC)c1csc(SC)n1. The van der Waals surface area contributed by atoms with Gasteiger partial charge in [0.25, 0.3) is 0 Å². The number of carbonyl (C=O) groups is 1. The fourth-order valence-electron chi connectivity index (χ4n) is 0.916. The molecule has 1 heterocycles. The summed E-state index contributed by atoms with van der Waals surface area (Å²) in [6.07, 6.45) is 3.27. The monoisotopic (exact) mass is 245 g/mol. The lowest BCUT2D eigenvalue weighted by Crippen LogP contribution is -2.04. The lowest BCUT2D eigenvalue weighted by Gasteiger charge is -2.00. The number of rotatable bonds is 4. The van der Waals surface area contributed by atoms with Crippen LogP contribution in [0, 0.1) is 0 Å². The Morgan fingerprint density at radius 2 is 2.33 bits per heavy atom. The molecule has 4 nitrogen and oxygen atoms in total. The summed E-state index contributed by atoms with van der Waals surface area (Å²) in [7, 11) is 2.80. The Kier molecular flexibility index (Phi) is 4.64. The number of ether oxygens (including phenoxy) is 2. The lowest BCUT2D eigenvalue weighted by atomic mass is 10.2. The van der Waals surface area contributed by atoms with Gasteiger partial charge in [0.05, 0.1) is 26.2 Å². The molecule has 0 amide bonds. The van der Waals surface area contributed by atoms with Crippen molar-refractivity contribution in [3.05, 3.63) is 17.3 Å². The quantitative estimate of drug-likeness (QED) is 0.351. The number of aromatic nitrogens is 1. The van der Waals surface area contributed by atoms with Crippen LogP contribution in [-0.2, 0) is 14.3 Å². The zero-order chi connectivity index (χ0) is 11.3. The summed E-state index contributed by atoms with van der Waals surface area (Å²) in [6.45, 7) is 0. The molecule has 0 atom stereocenters. The first kappa shape index (κ1) is 12.1. The van der Waals surface area contributed by atoms with E-state index in [1.54, 1.807) is 5.38 Å². The van der Waals surface area contributed by atoms with Crippen molar-refractivity contribution in [1.29, 1.82) is 0 Å². The Balaban J connectivity index is 2.99. The fraction of sp³-hybridized carbons (Fsp3) is 0.333. The first-order valence-electron chi connectivity index (χ1n) is 4.04. The van der Waals surface area contributed by atoms with Gasteiger partial charge in [-0.25, -0.2) is 9.78 Å². The predicted molar refractivity (Wildman–Crippen MR) is 60.9 cm³/mol. The summed E-state index contributed by atoms with van der Waals surface area (Å²) >= 11 is 3.01. The highest BCUT2D eigenvalue weighted by Crippen LogP contribution is 2.24. The molecule has 0 aliphatic carbocycles. The molecule has 0 bridgehead atoms. The molecular formula is C9H11NO3S2.